The number of Topliss-reactive ketones (excluding diaryl/α,β-unsaturated/α-hetero) is 12. The third-order valence-corrected chi connectivity index (χ3v) is 4.80. The Morgan fingerprint density at radius 3 is 0.167 bits per heavy atom. The second-order valence-corrected chi connectivity index (χ2v) is 15.3. The zero-order valence-corrected chi connectivity index (χ0v) is 47.6. The highest BCUT2D eigenvalue weighted by Gasteiger charge is 2.04. The zero-order chi connectivity index (χ0) is 70.3. The summed E-state index contributed by atoms with van der Waals surface area (Å²) in [5, 5.41) is 94.4. The second-order valence-electron chi connectivity index (χ2n) is 15.3. The van der Waals surface area contributed by atoms with Crippen LogP contribution in [0.25, 0.3) is 0 Å². The molecule has 0 spiro atoms. The molecule has 12 N–H and O–H groups in total. The average molecular weight is 1230 g/mol. The molecule has 0 aliphatic carbocycles. The lowest BCUT2D eigenvalue weighted by Crippen LogP contribution is -2.00. The van der Waals surface area contributed by atoms with Crippen molar-refractivity contribution in [2.24, 2.45) is 0 Å². The first-order valence-electron chi connectivity index (χ1n) is 22.1. The Morgan fingerprint density at radius 1 is 0.131 bits per heavy atom. The van der Waals surface area contributed by atoms with Gasteiger partial charge in [0.1, 0.15) is 146 Å². The predicted octanol–water partition coefficient (Wildman–Crippen LogP) is 0.601. The summed E-state index contributed by atoms with van der Waals surface area (Å²) in [5.74, 6) is -16.5. The van der Waals surface area contributed by atoms with E-state index in [0.717, 1.165) is 0 Å². The average Bonchev–Trinajstić information content (AvgIpc) is 3.14. The van der Waals surface area contributed by atoms with Crippen molar-refractivity contribution in [2.75, 3.05) is 0 Å². The molecule has 0 saturated carbocycles. The van der Waals surface area contributed by atoms with Gasteiger partial charge in [-0.05, 0) is 83.1 Å². The molecule has 0 bridgehead atoms. The standard InChI is InChI=1S/12C4H6O3/c12*1-3(5)2-4(6)7/h12*2H2,1H3,(H,6,7). The SMILES string of the molecule is CC(=O)CC(=O)O.CC(=O)CC(=O)O.CC(=O)CC(=O)O.CC(=O)CC(=O)O.CC(=O)CC(=O)O.CC(=O)CC(=O)O.CC(=O)CC(=O)O.CC(=O)CC(=O)O.CC(=O)CC(=O)O.CC(=O)CC(=O)O.CC(=O)CC(=O)O.CC(=O)CC(=O)O. The van der Waals surface area contributed by atoms with Gasteiger partial charge in [0.2, 0.25) is 0 Å². The largest absolute Gasteiger partial charge is 0.481 e. The third-order valence-electron chi connectivity index (χ3n) is 4.80. The maximum atomic E-state index is 9.87. The molecule has 0 aromatic carbocycles. The Balaban J connectivity index is -0.0000000673. The molecule has 0 aliphatic rings. The molecular formula is C48H72O36. The summed E-state index contributed by atoms with van der Waals surface area (Å²) < 4.78 is 0. The van der Waals surface area contributed by atoms with E-state index in [4.69, 9.17) is 61.3 Å². The summed E-state index contributed by atoms with van der Waals surface area (Å²) in [6, 6.07) is 0. The van der Waals surface area contributed by atoms with Crippen LogP contribution in [0.1, 0.15) is 160 Å². The lowest BCUT2D eigenvalue weighted by molar-refractivity contribution is -0.141. The smallest absolute Gasteiger partial charge is 0.310 e. The first-order valence-corrected chi connectivity index (χ1v) is 22.1. The van der Waals surface area contributed by atoms with Crippen LogP contribution in [0.4, 0.5) is 0 Å². The molecule has 0 atom stereocenters. The van der Waals surface area contributed by atoms with Crippen molar-refractivity contribution in [3.8, 4) is 0 Å². The van der Waals surface area contributed by atoms with Crippen molar-refractivity contribution in [2.45, 2.75) is 160 Å². The van der Waals surface area contributed by atoms with E-state index in [2.05, 4.69) is 0 Å². The molecule has 480 valence electrons. The van der Waals surface area contributed by atoms with Gasteiger partial charge in [0.05, 0.1) is 0 Å². The van der Waals surface area contributed by atoms with E-state index in [1.54, 1.807) is 0 Å². The van der Waals surface area contributed by atoms with Crippen LogP contribution in [0.3, 0.4) is 0 Å². The molecule has 0 fully saturated rings. The van der Waals surface area contributed by atoms with Crippen LogP contribution in [0.5, 0.6) is 0 Å². The molecule has 0 rings (SSSR count). The van der Waals surface area contributed by atoms with Crippen LogP contribution in [-0.2, 0) is 115 Å². The summed E-state index contributed by atoms with van der Waals surface area (Å²) in [5.41, 5.74) is 0. The lowest BCUT2D eigenvalue weighted by Gasteiger charge is -1.80. The van der Waals surface area contributed by atoms with Gasteiger partial charge in [0, 0.05) is 0 Å². The first kappa shape index (κ1) is 102. The van der Waals surface area contributed by atoms with Crippen molar-refractivity contribution >= 4 is 141 Å². The van der Waals surface area contributed by atoms with Crippen molar-refractivity contribution in [3.63, 3.8) is 0 Å². The number of carboxylic acids is 12. The number of aliphatic carboxylic acids is 12. The fourth-order valence-electron chi connectivity index (χ4n) is 2.56. The molecule has 0 radical (unpaired) electrons. The molecule has 0 amide bonds. The molecule has 36 nitrogen and oxygen atoms in total. The van der Waals surface area contributed by atoms with E-state index >= 15 is 0 Å². The van der Waals surface area contributed by atoms with Gasteiger partial charge in [0.15, 0.2) is 0 Å². The Hall–Kier alpha value is -10.3. The Bertz CT molecular complexity index is 1560. The molecule has 0 aromatic heterocycles. The van der Waals surface area contributed by atoms with Crippen LogP contribution in [-0.4, -0.2) is 202 Å². The van der Waals surface area contributed by atoms with Crippen molar-refractivity contribution in [3.05, 3.63) is 0 Å². The Morgan fingerprint density at radius 2 is 0.167 bits per heavy atom. The van der Waals surface area contributed by atoms with Crippen LogP contribution in [0.2, 0.25) is 0 Å². The summed E-state index contributed by atoms with van der Waals surface area (Å²) >= 11 is 0. The van der Waals surface area contributed by atoms with Gasteiger partial charge in [0.25, 0.3) is 0 Å². The highest BCUT2D eigenvalue weighted by Crippen LogP contribution is 1.84. The molecule has 0 saturated heterocycles. The molecule has 0 unspecified atom stereocenters. The number of carbonyl (C=O) groups is 24. The highest BCUT2D eigenvalue weighted by atomic mass is 16.4. The van der Waals surface area contributed by atoms with Crippen LogP contribution >= 0.6 is 0 Å². The topological polar surface area (TPSA) is 652 Å². The maximum Gasteiger partial charge on any atom is 0.310 e. The van der Waals surface area contributed by atoms with Gasteiger partial charge >= 0.3 is 71.6 Å². The predicted molar refractivity (Wildman–Crippen MR) is 275 cm³/mol. The quantitative estimate of drug-likeness (QED) is 0.0589. The van der Waals surface area contributed by atoms with Gasteiger partial charge in [-0.1, -0.05) is 0 Å². The minimum atomic E-state index is -1.06. The van der Waals surface area contributed by atoms with Gasteiger partial charge in [-0.3, -0.25) is 115 Å². The van der Waals surface area contributed by atoms with E-state index in [1.807, 2.05) is 0 Å². The minimum absolute atomic E-state index is 0.312. The number of hydrogen-bond acceptors (Lipinski definition) is 24. The van der Waals surface area contributed by atoms with Gasteiger partial charge in [-0.25, -0.2) is 0 Å². The van der Waals surface area contributed by atoms with E-state index in [9.17, 15) is 115 Å². The monoisotopic (exact) mass is 1220 g/mol. The van der Waals surface area contributed by atoms with Gasteiger partial charge in [-0.15, -0.1) is 0 Å². The van der Waals surface area contributed by atoms with Crippen LogP contribution < -0.4 is 0 Å². The second kappa shape index (κ2) is 68.8. The molecule has 0 aliphatic heterocycles. The number of hydrogen-bond donors (Lipinski definition) is 12. The minimum Gasteiger partial charge on any atom is -0.481 e. The first-order chi connectivity index (χ1) is 37.5. The van der Waals surface area contributed by atoms with E-state index < -0.39 is 71.6 Å². The Labute approximate surface area is 476 Å². The molecule has 0 heterocycles. The highest BCUT2D eigenvalue weighted by molar-refractivity contribution is 5.97. The van der Waals surface area contributed by atoms with E-state index in [0.29, 0.717) is 0 Å². The van der Waals surface area contributed by atoms with Crippen LogP contribution in [0.15, 0.2) is 0 Å². The lowest BCUT2D eigenvalue weighted by atomic mass is 10.3. The fourth-order valence-corrected chi connectivity index (χ4v) is 2.56. The summed E-state index contributed by atoms with van der Waals surface area (Å²) in [4.78, 5) is 234. The number of rotatable bonds is 24. The van der Waals surface area contributed by atoms with Crippen molar-refractivity contribution in [1.82, 2.24) is 0 Å². The van der Waals surface area contributed by atoms with E-state index in [-0.39, 0.29) is 146 Å². The number of carboxylic acid groups (broad SMARTS) is 12. The van der Waals surface area contributed by atoms with Crippen LogP contribution in [0, 0.1) is 0 Å². The fraction of sp³-hybridized carbons (Fsp3) is 0.500. The maximum absolute atomic E-state index is 9.87. The van der Waals surface area contributed by atoms with Crippen molar-refractivity contribution < 1.29 is 176 Å². The normalized spacial score (nSPS) is 8.14. The molecule has 36 heteroatoms. The molecule has 0 aromatic rings. The summed E-state index contributed by atoms with van der Waals surface area (Å²) in [6.07, 6.45) is -4.33. The van der Waals surface area contributed by atoms with Crippen molar-refractivity contribution in [1.29, 1.82) is 0 Å². The number of ketones is 12. The number of carbonyl (C=O) groups excluding carboxylic acids is 12. The van der Waals surface area contributed by atoms with E-state index in [1.165, 1.54) is 83.1 Å². The summed E-state index contributed by atoms with van der Waals surface area (Å²) in [7, 11) is 0. The third kappa shape index (κ3) is 252. The van der Waals surface area contributed by atoms with Gasteiger partial charge in [-0.2, -0.15) is 0 Å². The van der Waals surface area contributed by atoms with Gasteiger partial charge < -0.3 is 61.3 Å². The molecule has 84 heavy (non-hydrogen) atoms. The molecular weight excluding hydrogens is 1150 g/mol. The summed E-state index contributed by atoms with van der Waals surface area (Å²) in [6.45, 7) is 14.9. The Kier molecular flexibility index (Phi) is 83.8. The zero-order valence-electron chi connectivity index (χ0n) is 47.6.